The fourth-order valence-corrected chi connectivity index (χ4v) is 5.84. The summed E-state index contributed by atoms with van der Waals surface area (Å²) in [6, 6.07) is 7.08. The van der Waals surface area contributed by atoms with Crippen molar-refractivity contribution in [2.45, 2.75) is 25.9 Å². The lowest BCUT2D eigenvalue weighted by molar-refractivity contribution is -0.117. The number of alkyl halides is 2. The number of halogens is 3. The van der Waals surface area contributed by atoms with Crippen LogP contribution < -0.4 is 14.9 Å². The van der Waals surface area contributed by atoms with Gasteiger partial charge < -0.3 is 15.4 Å². The third kappa shape index (κ3) is 5.73. The number of carbonyl (C=O) groups is 1. The zero-order valence-corrected chi connectivity index (χ0v) is 23.1. The SMILES string of the molecule is COCc1ccc(Nc2cc(NC(=O)C3CC3)nc3c2nc(C(F)F)n3PI)c(N(C)S(C)=O)c1. The largest absolute Gasteiger partial charge is 0.380 e. The number of ether oxygens (including phenoxy) is 1. The molecule has 1 fully saturated rings. The molecule has 35 heavy (non-hydrogen) atoms. The van der Waals surface area contributed by atoms with Gasteiger partial charge in [-0.05, 0) is 52.6 Å². The van der Waals surface area contributed by atoms with E-state index in [-0.39, 0.29) is 35.2 Å². The van der Waals surface area contributed by atoms with Gasteiger partial charge in [-0.25, -0.2) is 23.0 Å². The summed E-state index contributed by atoms with van der Waals surface area (Å²) < 4.78 is 47.9. The number of nitrogens with zero attached hydrogens (tertiary/aromatic N) is 4. The molecule has 2 unspecified atom stereocenters. The van der Waals surface area contributed by atoms with Crippen molar-refractivity contribution in [2.24, 2.45) is 5.92 Å². The first kappa shape index (κ1) is 26.1. The molecule has 2 atom stereocenters. The molecule has 2 heterocycles. The average Bonchev–Trinajstić information content (AvgIpc) is 3.60. The smallest absolute Gasteiger partial charge is 0.295 e. The second kappa shape index (κ2) is 11.0. The monoisotopic (exact) mass is 636 g/mol. The molecule has 0 saturated heterocycles. The van der Waals surface area contributed by atoms with Gasteiger partial charge in [-0.1, -0.05) is 6.07 Å². The van der Waals surface area contributed by atoms with Crippen LogP contribution >= 0.6 is 28.4 Å². The van der Waals surface area contributed by atoms with Crippen LogP contribution in [0.3, 0.4) is 0 Å². The summed E-state index contributed by atoms with van der Waals surface area (Å²) in [5, 5.41) is 6.05. The fourth-order valence-electron chi connectivity index (χ4n) is 3.51. The maximum atomic E-state index is 13.8. The first-order chi connectivity index (χ1) is 16.7. The van der Waals surface area contributed by atoms with Crippen LogP contribution in [0, 0.1) is 5.92 Å². The quantitative estimate of drug-likeness (QED) is 0.237. The minimum absolute atomic E-state index is 0.0509. The van der Waals surface area contributed by atoms with Crippen molar-refractivity contribution in [3.05, 3.63) is 35.7 Å². The Morgan fingerprint density at radius 3 is 2.69 bits per heavy atom. The third-order valence-corrected chi connectivity index (χ3v) is 8.51. The van der Waals surface area contributed by atoms with Gasteiger partial charge in [-0.2, -0.15) is 0 Å². The van der Waals surface area contributed by atoms with Crippen molar-refractivity contribution < 1.29 is 22.5 Å². The molecule has 4 rings (SSSR count). The van der Waals surface area contributed by atoms with E-state index in [1.165, 1.54) is 4.34 Å². The predicted octanol–water partition coefficient (Wildman–Crippen LogP) is 5.13. The molecule has 0 aliphatic heterocycles. The Morgan fingerprint density at radius 2 is 2.09 bits per heavy atom. The van der Waals surface area contributed by atoms with Gasteiger partial charge in [0.1, 0.15) is 22.3 Å². The van der Waals surface area contributed by atoms with Gasteiger partial charge in [0.2, 0.25) is 5.91 Å². The lowest BCUT2D eigenvalue weighted by Crippen LogP contribution is -2.20. The van der Waals surface area contributed by atoms with Crippen LogP contribution in [-0.4, -0.2) is 44.8 Å². The number of hydrogen-bond donors (Lipinski definition) is 2. The summed E-state index contributed by atoms with van der Waals surface area (Å²) in [5.41, 5.74) is 2.97. The second-order valence-electron chi connectivity index (χ2n) is 8.01. The number of carbonyl (C=O) groups excluding carboxylic acids is 1. The highest BCUT2D eigenvalue weighted by Crippen LogP contribution is 2.40. The van der Waals surface area contributed by atoms with Crippen LogP contribution in [-0.2, 0) is 27.1 Å². The topological polar surface area (TPSA) is 101 Å². The molecule has 0 radical (unpaired) electrons. The molecule has 1 aromatic carbocycles. The number of anilines is 4. The highest BCUT2D eigenvalue weighted by Gasteiger charge is 2.30. The molecule has 2 N–H and O–H groups in total. The molecular weight excluding hydrogens is 612 g/mol. The molecule has 1 saturated carbocycles. The Balaban J connectivity index is 1.84. The fraction of sp³-hybridized carbons (Fsp3) is 0.381. The molecule has 1 aliphatic rings. The molecule has 1 amide bonds. The number of rotatable bonds is 10. The third-order valence-electron chi connectivity index (χ3n) is 5.49. The molecule has 14 heteroatoms. The number of nitrogens with one attached hydrogen (secondary N) is 2. The first-order valence-electron chi connectivity index (χ1n) is 10.6. The Labute approximate surface area is 218 Å². The Hall–Kier alpha value is -1.96. The number of amides is 1. The molecule has 0 bridgehead atoms. The molecule has 3 aromatic rings. The van der Waals surface area contributed by atoms with Crippen LogP contribution in [0.25, 0.3) is 11.2 Å². The van der Waals surface area contributed by atoms with Crippen LogP contribution in [0.1, 0.15) is 30.7 Å². The van der Waals surface area contributed by atoms with Crippen molar-refractivity contribution >= 4 is 79.4 Å². The number of methoxy groups -OCH3 is 1. The number of benzene rings is 1. The van der Waals surface area contributed by atoms with Crippen molar-refractivity contribution in [3.8, 4) is 0 Å². The predicted molar refractivity (Wildman–Crippen MR) is 144 cm³/mol. The van der Waals surface area contributed by atoms with Gasteiger partial charge in [0.25, 0.3) is 6.43 Å². The maximum Gasteiger partial charge on any atom is 0.295 e. The van der Waals surface area contributed by atoms with Gasteiger partial charge in [-0.3, -0.25) is 13.4 Å². The number of fused-ring (bicyclic) bond motifs is 1. The van der Waals surface area contributed by atoms with Crippen molar-refractivity contribution in [2.75, 3.05) is 35.4 Å². The summed E-state index contributed by atoms with van der Waals surface area (Å²) in [5.74, 6) is -0.342. The Kier molecular flexibility index (Phi) is 8.19. The van der Waals surface area contributed by atoms with E-state index in [2.05, 4.69) is 20.6 Å². The van der Waals surface area contributed by atoms with E-state index in [0.717, 1.165) is 18.4 Å². The van der Waals surface area contributed by atoms with E-state index in [1.807, 2.05) is 34.2 Å². The van der Waals surface area contributed by atoms with Gasteiger partial charge in [0.15, 0.2) is 11.5 Å². The van der Waals surface area contributed by atoms with Crippen molar-refractivity contribution in [1.29, 1.82) is 0 Å². The van der Waals surface area contributed by atoms with Gasteiger partial charge in [0.05, 0.1) is 30.0 Å². The van der Waals surface area contributed by atoms with E-state index in [4.69, 9.17) is 4.74 Å². The summed E-state index contributed by atoms with van der Waals surface area (Å²) in [4.78, 5) is 21.0. The van der Waals surface area contributed by atoms with Crippen molar-refractivity contribution in [3.63, 3.8) is 0 Å². The molecule has 0 spiro atoms. The summed E-state index contributed by atoms with van der Waals surface area (Å²) >= 11 is 2.00. The standard InChI is InChI=1S/C21H24F2IN6O3PS/c1-29(35(3)32)15-8-11(10-33-2)4-7-13(15)25-14-9-16(27-21(31)12-5-6-12)26-19-17(14)28-20(18(22)23)30(19)34-24/h4,7-9,12,18,34H,5-6,10H2,1-3H3,(H2,25,26,27,31). The highest BCUT2D eigenvalue weighted by molar-refractivity contribution is 14.2. The van der Waals surface area contributed by atoms with E-state index in [0.29, 0.717) is 23.7 Å². The van der Waals surface area contributed by atoms with Crippen LogP contribution in [0.5, 0.6) is 0 Å². The lowest BCUT2D eigenvalue weighted by Gasteiger charge is -2.21. The average molecular weight is 636 g/mol. The molecule has 1 aliphatic carbocycles. The zero-order valence-electron chi connectivity index (χ0n) is 19.1. The Bertz CT molecular complexity index is 1290. The first-order valence-corrected chi connectivity index (χ1v) is 16.2. The van der Waals surface area contributed by atoms with Gasteiger partial charge in [-0.15, -0.1) is 0 Å². The lowest BCUT2D eigenvalue weighted by atomic mass is 10.1. The minimum atomic E-state index is -2.79. The van der Waals surface area contributed by atoms with Crippen LogP contribution in [0.4, 0.5) is 31.7 Å². The highest BCUT2D eigenvalue weighted by atomic mass is 127. The normalized spacial score (nSPS) is 14.7. The van der Waals surface area contributed by atoms with Gasteiger partial charge >= 0.3 is 0 Å². The number of aromatic nitrogens is 3. The summed E-state index contributed by atoms with van der Waals surface area (Å²) in [7, 11) is 1.96. The second-order valence-corrected chi connectivity index (χ2v) is 11.5. The Morgan fingerprint density at radius 1 is 1.34 bits per heavy atom. The zero-order chi connectivity index (χ0) is 25.3. The summed E-state index contributed by atoms with van der Waals surface area (Å²) in [6.45, 7) is 0.368. The van der Waals surface area contributed by atoms with Crippen LogP contribution in [0.15, 0.2) is 24.3 Å². The molecule has 9 nitrogen and oxygen atoms in total. The van der Waals surface area contributed by atoms with Crippen molar-refractivity contribution in [1.82, 2.24) is 14.3 Å². The van der Waals surface area contributed by atoms with E-state index in [1.54, 1.807) is 36.9 Å². The molecule has 188 valence electrons. The summed E-state index contributed by atoms with van der Waals surface area (Å²) in [6.07, 6.45) is 0.335. The van der Waals surface area contributed by atoms with E-state index >= 15 is 0 Å². The number of hydrogen-bond acceptors (Lipinski definition) is 6. The van der Waals surface area contributed by atoms with E-state index in [9.17, 15) is 17.8 Å². The maximum absolute atomic E-state index is 13.8. The number of imidazole rings is 1. The molecular formula is C21H24F2IN6O3PS. The number of pyridine rings is 1. The van der Waals surface area contributed by atoms with Gasteiger partial charge in [0, 0.05) is 32.4 Å². The van der Waals surface area contributed by atoms with Crippen LogP contribution in [0.2, 0.25) is 0 Å². The van der Waals surface area contributed by atoms with E-state index < -0.39 is 23.2 Å². The molecule has 2 aromatic heterocycles. The minimum Gasteiger partial charge on any atom is -0.380 e.